The first-order valence-corrected chi connectivity index (χ1v) is 10.8. The predicted molar refractivity (Wildman–Crippen MR) is 113 cm³/mol. The van der Waals surface area contributed by atoms with Gasteiger partial charge < -0.3 is 15.3 Å². The normalized spacial score (nSPS) is 19.6. The average molecular weight is 395 g/mol. The Labute approximate surface area is 172 Å². The van der Waals surface area contributed by atoms with Gasteiger partial charge >= 0.3 is 0 Å². The van der Waals surface area contributed by atoms with Crippen molar-refractivity contribution in [2.45, 2.75) is 51.0 Å². The van der Waals surface area contributed by atoms with E-state index in [1.165, 1.54) is 5.56 Å². The second kappa shape index (κ2) is 9.35. The van der Waals surface area contributed by atoms with Crippen molar-refractivity contribution in [3.8, 4) is 0 Å². The van der Waals surface area contributed by atoms with Gasteiger partial charge in [-0.1, -0.05) is 30.3 Å². The summed E-state index contributed by atoms with van der Waals surface area (Å²) in [4.78, 5) is 24.2. The van der Waals surface area contributed by atoms with Gasteiger partial charge in [-0.3, -0.25) is 4.79 Å². The predicted octanol–water partition coefficient (Wildman–Crippen LogP) is 2.81. The van der Waals surface area contributed by atoms with Gasteiger partial charge in [0.25, 0.3) is 0 Å². The van der Waals surface area contributed by atoms with Crippen LogP contribution < -0.4 is 10.2 Å². The van der Waals surface area contributed by atoms with Crippen molar-refractivity contribution in [3.05, 3.63) is 53.3 Å². The van der Waals surface area contributed by atoms with E-state index in [1.807, 2.05) is 24.4 Å². The molecule has 6 heteroatoms. The van der Waals surface area contributed by atoms with Crippen LogP contribution in [0.4, 0.5) is 5.95 Å². The number of nitrogens with one attached hydrogen (secondary N) is 1. The van der Waals surface area contributed by atoms with Gasteiger partial charge in [-0.15, -0.1) is 0 Å². The lowest BCUT2D eigenvalue weighted by Crippen LogP contribution is -2.36. The van der Waals surface area contributed by atoms with Crippen LogP contribution in [-0.2, 0) is 17.6 Å². The highest BCUT2D eigenvalue weighted by molar-refractivity contribution is 5.76. The Morgan fingerprint density at radius 3 is 2.72 bits per heavy atom. The van der Waals surface area contributed by atoms with E-state index in [9.17, 15) is 9.90 Å². The molecule has 1 atom stereocenters. The number of fused-ring (bicyclic) bond motifs is 1. The molecule has 4 rings (SSSR count). The molecule has 0 radical (unpaired) electrons. The minimum Gasteiger partial charge on any atom is -0.396 e. The topological polar surface area (TPSA) is 78.4 Å². The zero-order valence-corrected chi connectivity index (χ0v) is 16.9. The van der Waals surface area contributed by atoms with Crippen molar-refractivity contribution in [1.29, 1.82) is 0 Å². The van der Waals surface area contributed by atoms with Crippen LogP contribution in [0.1, 0.15) is 55.0 Å². The number of nitrogens with zero attached hydrogens (tertiary/aromatic N) is 3. The van der Waals surface area contributed by atoms with E-state index in [2.05, 4.69) is 27.3 Å². The summed E-state index contributed by atoms with van der Waals surface area (Å²) >= 11 is 0. The van der Waals surface area contributed by atoms with Crippen LogP contribution in [0.2, 0.25) is 0 Å². The third kappa shape index (κ3) is 4.93. The molecule has 1 unspecified atom stereocenters. The largest absolute Gasteiger partial charge is 0.396 e. The lowest BCUT2D eigenvalue weighted by Gasteiger charge is -2.32. The van der Waals surface area contributed by atoms with Gasteiger partial charge in [0.05, 0.1) is 11.7 Å². The van der Waals surface area contributed by atoms with Crippen LogP contribution in [0.5, 0.6) is 0 Å². The summed E-state index contributed by atoms with van der Waals surface area (Å²) in [5.74, 6) is 1.28. The Morgan fingerprint density at radius 1 is 1.17 bits per heavy atom. The molecular weight excluding hydrogens is 364 g/mol. The van der Waals surface area contributed by atoms with Crippen molar-refractivity contribution in [2.24, 2.45) is 5.92 Å². The fraction of sp³-hybridized carbons (Fsp3) is 0.522. The van der Waals surface area contributed by atoms with E-state index >= 15 is 0 Å². The molecule has 29 heavy (non-hydrogen) atoms. The monoisotopic (exact) mass is 394 g/mol. The molecule has 2 aliphatic rings. The third-order valence-corrected chi connectivity index (χ3v) is 6.14. The van der Waals surface area contributed by atoms with Crippen LogP contribution >= 0.6 is 0 Å². The Balaban J connectivity index is 1.37. The number of amides is 1. The van der Waals surface area contributed by atoms with Gasteiger partial charge in [0, 0.05) is 37.9 Å². The van der Waals surface area contributed by atoms with E-state index in [4.69, 9.17) is 4.98 Å². The first-order chi connectivity index (χ1) is 14.2. The van der Waals surface area contributed by atoms with Gasteiger partial charge in [0.1, 0.15) is 0 Å². The highest BCUT2D eigenvalue weighted by atomic mass is 16.3. The summed E-state index contributed by atoms with van der Waals surface area (Å²) in [6.07, 6.45) is 8.04. The number of piperidine rings is 1. The van der Waals surface area contributed by atoms with Gasteiger partial charge in [-0.2, -0.15) is 0 Å². The molecule has 2 N–H and O–H groups in total. The molecule has 1 aliphatic carbocycles. The zero-order valence-electron chi connectivity index (χ0n) is 16.9. The molecule has 2 heterocycles. The fourth-order valence-electron chi connectivity index (χ4n) is 4.32. The van der Waals surface area contributed by atoms with Gasteiger partial charge in [0.15, 0.2) is 0 Å². The van der Waals surface area contributed by atoms with Crippen LogP contribution in [0.15, 0.2) is 36.5 Å². The molecule has 0 spiro atoms. The van der Waals surface area contributed by atoms with E-state index in [0.29, 0.717) is 12.3 Å². The van der Waals surface area contributed by atoms with Crippen molar-refractivity contribution >= 4 is 11.9 Å². The summed E-state index contributed by atoms with van der Waals surface area (Å²) in [6.45, 7) is 2.05. The second-order valence-electron chi connectivity index (χ2n) is 8.18. The van der Waals surface area contributed by atoms with Gasteiger partial charge in [0.2, 0.25) is 11.9 Å². The molecule has 1 aromatic heterocycles. The SMILES string of the molecule is O=C(CCc1ccccc1)NC1CCCc2nc(N3CCC(CO)CC3)ncc21. The minimum atomic E-state index is 0.0104. The molecule has 1 saturated heterocycles. The van der Waals surface area contributed by atoms with Crippen LogP contribution in [-0.4, -0.2) is 40.7 Å². The van der Waals surface area contributed by atoms with Crippen molar-refractivity contribution in [2.75, 3.05) is 24.6 Å². The first kappa shape index (κ1) is 19.8. The number of anilines is 1. The standard InChI is InChI=1S/C23H30N4O2/c28-16-18-11-13-27(14-12-18)23-24-15-19-20(7-4-8-21(19)26-23)25-22(29)10-9-17-5-2-1-3-6-17/h1-3,5-6,15,18,20,28H,4,7-14,16H2,(H,25,29). The maximum absolute atomic E-state index is 12.5. The van der Waals surface area contributed by atoms with Crippen molar-refractivity contribution in [3.63, 3.8) is 0 Å². The molecule has 154 valence electrons. The zero-order chi connectivity index (χ0) is 20.1. The molecule has 0 bridgehead atoms. The van der Waals surface area contributed by atoms with E-state index in [-0.39, 0.29) is 18.6 Å². The first-order valence-electron chi connectivity index (χ1n) is 10.8. The van der Waals surface area contributed by atoms with E-state index in [0.717, 1.165) is 68.8 Å². The second-order valence-corrected chi connectivity index (χ2v) is 8.18. The van der Waals surface area contributed by atoms with Crippen molar-refractivity contribution < 1.29 is 9.90 Å². The number of rotatable bonds is 6. The summed E-state index contributed by atoms with van der Waals surface area (Å²) in [6, 6.07) is 10.1. The summed E-state index contributed by atoms with van der Waals surface area (Å²) in [5, 5.41) is 12.5. The number of carbonyl (C=O) groups excluding carboxylic acids is 1. The van der Waals surface area contributed by atoms with Crippen LogP contribution in [0.3, 0.4) is 0 Å². The maximum Gasteiger partial charge on any atom is 0.225 e. The third-order valence-electron chi connectivity index (χ3n) is 6.14. The number of aliphatic hydroxyl groups excluding tert-OH is 1. The van der Waals surface area contributed by atoms with Gasteiger partial charge in [-0.05, 0) is 50.0 Å². The molecule has 1 amide bonds. The fourth-order valence-corrected chi connectivity index (χ4v) is 4.32. The summed E-state index contributed by atoms with van der Waals surface area (Å²) in [5.41, 5.74) is 3.32. The molecule has 1 fully saturated rings. The highest BCUT2D eigenvalue weighted by Gasteiger charge is 2.26. The lowest BCUT2D eigenvalue weighted by atomic mass is 9.92. The van der Waals surface area contributed by atoms with E-state index in [1.54, 1.807) is 0 Å². The summed E-state index contributed by atoms with van der Waals surface area (Å²) in [7, 11) is 0. The average Bonchev–Trinajstić information content (AvgIpc) is 2.78. The Bertz CT molecular complexity index is 819. The molecule has 1 aromatic carbocycles. The highest BCUT2D eigenvalue weighted by Crippen LogP contribution is 2.30. The molecule has 6 nitrogen and oxygen atoms in total. The number of carbonyl (C=O) groups is 1. The molecule has 0 saturated carbocycles. The number of hydrogen-bond acceptors (Lipinski definition) is 5. The van der Waals surface area contributed by atoms with Crippen molar-refractivity contribution in [1.82, 2.24) is 15.3 Å². The Kier molecular flexibility index (Phi) is 6.39. The molecule has 2 aromatic rings. The Morgan fingerprint density at radius 2 is 1.97 bits per heavy atom. The molecular formula is C23H30N4O2. The number of aromatic nitrogens is 2. The van der Waals surface area contributed by atoms with Crippen LogP contribution in [0, 0.1) is 5.92 Å². The smallest absolute Gasteiger partial charge is 0.225 e. The Hall–Kier alpha value is -2.47. The number of aliphatic hydroxyl groups is 1. The van der Waals surface area contributed by atoms with E-state index < -0.39 is 0 Å². The van der Waals surface area contributed by atoms with Crippen LogP contribution in [0.25, 0.3) is 0 Å². The maximum atomic E-state index is 12.5. The molecule has 1 aliphatic heterocycles. The lowest BCUT2D eigenvalue weighted by molar-refractivity contribution is -0.121. The van der Waals surface area contributed by atoms with Gasteiger partial charge in [-0.25, -0.2) is 9.97 Å². The summed E-state index contributed by atoms with van der Waals surface area (Å²) < 4.78 is 0. The number of benzene rings is 1. The minimum absolute atomic E-state index is 0.0104. The number of aryl methyl sites for hydroxylation is 2. The number of hydrogen-bond donors (Lipinski definition) is 2. The quantitative estimate of drug-likeness (QED) is 0.788.